The van der Waals surface area contributed by atoms with Crippen LogP contribution in [0.15, 0.2) is 60.0 Å². The lowest BCUT2D eigenvalue weighted by Crippen LogP contribution is -2.31. The van der Waals surface area contributed by atoms with Gasteiger partial charge in [-0.05, 0) is 24.5 Å². The summed E-state index contributed by atoms with van der Waals surface area (Å²) in [4.78, 5) is 28.6. The molecule has 1 atom stereocenters. The number of nitrogens with zero attached hydrogens (tertiary/aromatic N) is 1. The van der Waals surface area contributed by atoms with Gasteiger partial charge in [0.1, 0.15) is 5.01 Å². The Labute approximate surface area is 168 Å². The standard InChI is InChI=1S/C22H22N2O3S/c1-3-16-9-11-18(12-10-16)21-24-19(14-28-21)22(26)27-13-20(25)23-15(2)17-7-5-4-6-8-17/h4-12,14-15H,3,13H2,1-2H3,(H,23,25)/t15-/m1/s1. The van der Waals surface area contributed by atoms with Crippen molar-refractivity contribution in [2.75, 3.05) is 6.61 Å². The van der Waals surface area contributed by atoms with Crippen molar-refractivity contribution >= 4 is 23.2 Å². The van der Waals surface area contributed by atoms with E-state index in [0.29, 0.717) is 0 Å². The molecule has 1 N–H and O–H groups in total. The number of ether oxygens (including phenoxy) is 1. The maximum atomic E-state index is 12.2. The van der Waals surface area contributed by atoms with E-state index in [-0.39, 0.29) is 24.2 Å². The molecule has 1 amide bonds. The zero-order valence-electron chi connectivity index (χ0n) is 15.8. The average Bonchev–Trinajstić information content (AvgIpc) is 3.23. The van der Waals surface area contributed by atoms with Gasteiger partial charge in [0.25, 0.3) is 5.91 Å². The smallest absolute Gasteiger partial charge is 0.358 e. The Morgan fingerprint density at radius 1 is 1.11 bits per heavy atom. The van der Waals surface area contributed by atoms with E-state index in [1.54, 1.807) is 5.38 Å². The van der Waals surface area contributed by atoms with Crippen LogP contribution in [0.1, 0.15) is 41.5 Å². The van der Waals surface area contributed by atoms with Gasteiger partial charge in [0.2, 0.25) is 0 Å². The van der Waals surface area contributed by atoms with Gasteiger partial charge in [-0.2, -0.15) is 0 Å². The van der Waals surface area contributed by atoms with Crippen LogP contribution >= 0.6 is 11.3 Å². The number of hydrogen-bond donors (Lipinski definition) is 1. The molecule has 1 aromatic heterocycles. The summed E-state index contributed by atoms with van der Waals surface area (Å²) in [5.41, 5.74) is 3.40. The predicted octanol–water partition coefficient (Wildman–Crippen LogP) is 4.41. The molecule has 144 valence electrons. The monoisotopic (exact) mass is 394 g/mol. The molecular weight excluding hydrogens is 372 g/mol. The Balaban J connectivity index is 1.53. The van der Waals surface area contributed by atoms with Gasteiger partial charge in [0.05, 0.1) is 6.04 Å². The number of aryl methyl sites for hydroxylation is 1. The summed E-state index contributed by atoms with van der Waals surface area (Å²) in [6.07, 6.45) is 0.973. The molecule has 1 heterocycles. The Morgan fingerprint density at radius 2 is 1.82 bits per heavy atom. The van der Waals surface area contributed by atoms with E-state index in [0.717, 1.165) is 22.6 Å². The van der Waals surface area contributed by atoms with E-state index in [1.807, 2.05) is 61.5 Å². The lowest BCUT2D eigenvalue weighted by molar-refractivity contribution is -0.124. The van der Waals surface area contributed by atoms with Gasteiger partial charge in [-0.15, -0.1) is 11.3 Å². The van der Waals surface area contributed by atoms with Crippen molar-refractivity contribution in [1.29, 1.82) is 0 Å². The number of aromatic nitrogens is 1. The maximum Gasteiger partial charge on any atom is 0.358 e. The van der Waals surface area contributed by atoms with Crippen LogP contribution in [-0.4, -0.2) is 23.5 Å². The summed E-state index contributed by atoms with van der Waals surface area (Å²) in [6.45, 7) is 3.64. The molecule has 28 heavy (non-hydrogen) atoms. The largest absolute Gasteiger partial charge is 0.451 e. The summed E-state index contributed by atoms with van der Waals surface area (Å²) in [6, 6.07) is 17.5. The molecule has 6 heteroatoms. The first-order valence-corrected chi connectivity index (χ1v) is 10.0. The number of carbonyl (C=O) groups is 2. The van der Waals surface area contributed by atoms with E-state index >= 15 is 0 Å². The van der Waals surface area contributed by atoms with Gasteiger partial charge < -0.3 is 10.1 Å². The van der Waals surface area contributed by atoms with Crippen molar-refractivity contribution in [3.8, 4) is 10.6 Å². The minimum Gasteiger partial charge on any atom is -0.451 e. The van der Waals surface area contributed by atoms with E-state index < -0.39 is 5.97 Å². The Morgan fingerprint density at radius 3 is 2.50 bits per heavy atom. The molecule has 5 nitrogen and oxygen atoms in total. The zero-order chi connectivity index (χ0) is 19.9. The third-order valence-corrected chi connectivity index (χ3v) is 5.23. The van der Waals surface area contributed by atoms with Crippen LogP contribution in [0.3, 0.4) is 0 Å². The molecule has 0 saturated heterocycles. The molecule has 0 spiro atoms. The van der Waals surface area contributed by atoms with Crippen LogP contribution < -0.4 is 5.32 Å². The lowest BCUT2D eigenvalue weighted by Gasteiger charge is -2.14. The highest BCUT2D eigenvalue weighted by atomic mass is 32.1. The molecule has 0 saturated carbocycles. The third kappa shape index (κ3) is 5.04. The highest BCUT2D eigenvalue weighted by Gasteiger charge is 2.16. The molecule has 3 rings (SSSR count). The molecule has 0 bridgehead atoms. The van der Waals surface area contributed by atoms with Crippen molar-refractivity contribution in [1.82, 2.24) is 10.3 Å². The molecule has 0 aliphatic heterocycles. The van der Waals surface area contributed by atoms with Gasteiger partial charge in [-0.3, -0.25) is 4.79 Å². The first-order chi connectivity index (χ1) is 13.6. The Bertz CT molecular complexity index is 936. The second-order valence-electron chi connectivity index (χ2n) is 6.36. The molecule has 0 radical (unpaired) electrons. The summed E-state index contributed by atoms with van der Waals surface area (Å²) < 4.78 is 5.11. The van der Waals surface area contributed by atoms with E-state index in [4.69, 9.17) is 4.74 Å². The van der Waals surface area contributed by atoms with Crippen LogP contribution in [0.5, 0.6) is 0 Å². The zero-order valence-corrected chi connectivity index (χ0v) is 16.7. The normalized spacial score (nSPS) is 11.6. The van der Waals surface area contributed by atoms with E-state index in [1.165, 1.54) is 16.9 Å². The van der Waals surface area contributed by atoms with Crippen molar-refractivity contribution in [2.24, 2.45) is 0 Å². The second-order valence-corrected chi connectivity index (χ2v) is 7.22. The Kier molecular flexibility index (Phi) is 6.55. The summed E-state index contributed by atoms with van der Waals surface area (Å²) >= 11 is 1.37. The van der Waals surface area contributed by atoms with E-state index in [9.17, 15) is 9.59 Å². The minimum absolute atomic E-state index is 0.163. The van der Waals surface area contributed by atoms with Crippen LogP contribution in [0, 0.1) is 0 Å². The number of hydrogen-bond acceptors (Lipinski definition) is 5. The quantitative estimate of drug-likeness (QED) is 0.603. The van der Waals surface area contributed by atoms with Crippen molar-refractivity contribution in [3.63, 3.8) is 0 Å². The first kappa shape index (κ1) is 19.8. The molecule has 0 aliphatic rings. The highest BCUT2D eigenvalue weighted by molar-refractivity contribution is 7.13. The maximum absolute atomic E-state index is 12.2. The molecule has 2 aromatic carbocycles. The van der Waals surface area contributed by atoms with Gasteiger partial charge in [-0.1, -0.05) is 61.5 Å². The lowest BCUT2D eigenvalue weighted by atomic mass is 10.1. The number of rotatable bonds is 7. The number of carbonyl (C=O) groups excluding carboxylic acids is 2. The van der Waals surface area contributed by atoms with Crippen LogP contribution in [-0.2, 0) is 16.0 Å². The van der Waals surface area contributed by atoms with Crippen molar-refractivity contribution in [3.05, 3.63) is 76.8 Å². The number of nitrogens with one attached hydrogen (secondary N) is 1. The fourth-order valence-electron chi connectivity index (χ4n) is 2.70. The number of thiazole rings is 1. The minimum atomic E-state index is -0.602. The molecule has 0 fully saturated rings. The third-order valence-electron chi connectivity index (χ3n) is 4.33. The van der Waals surface area contributed by atoms with Gasteiger partial charge in [-0.25, -0.2) is 9.78 Å². The average molecular weight is 394 g/mol. The van der Waals surface area contributed by atoms with E-state index in [2.05, 4.69) is 17.2 Å². The molecule has 0 unspecified atom stereocenters. The van der Waals surface area contributed by atoms with Crippen LogP contribution in [0.2, 0.25) is 0 Å². The van der Waals surface area contributed by atoms with Crippen LogP contribution in [0.4, 0.5) is 0 Å². The number of benzene rings is 2. The topological polar surface area (TPSA) is 68.3 Å². The number of esters is 1. The summed E-state index contributed by atoms with van der Waals surface area (Å²) in [5, 5.41) is 5.21. The van der Waals surface area contributed by atoms with Gasteiger partial charge in [0.15, 0.2) is 12.3 Å². The second kappa shape index (κ2) is 9.28. The molecule has 3 aromatic rings. The SMILES string of the molecule is CCc1ccc(-c2nc(C(=O)OCC(=O)N[C@H](C)c3ccccc3)cs2)cc1. The van der Waals surface area contributed by atoms with Crippen molar-refractivity contribution in [2.45, 2.75) is 26.3 Å². The highest BCUT2D eigenvalue weighted by Crippen LogP contribution is 2.24. The fourth-order valence-corrected chi connectivity index (χ4v) is 3.49. The van der Waals surface area contributed by atoms with Gasteiger partial charge >= 0.3 is 5.97 Å². The first-order valence-electron chi connectivity index (χ1n) is 9.13. The number of amides is 1. The summed E-state index contributed by atoms with van der Waals surface area (Å²) in [7, 11) is 0. The molecule has 0 aliphatic carbocycles. The molecular formula is C22H22N2O3S. The fraction of sp³-hybridized carbons (Fsp3) is 0.227. The van der Waals surface area contributed by atoms with Crippen molar-refractivity contribution < 1.29 is 14.3 Å². The predicted molar refractivity (Wildman–Crippen MR) is 110 cm³/mol. The summed E-state index contributed by atoms with van der Waals surface area (Å²) in [5.74, 6) is -0.953. The Hall–Kier alpha value is -2.99. The van der Waals surface area contributed by atoms with Crippen LogP contribution in [0.25, 0.3) is 10.6 Å². The van der Waals surface area contributed by atoms with Gasteiger partial charge in [0, 0.05) is 10.9 Å².